The monoisotopic (exact) mass is 252 g/mol. The number of nitrogens with zero attached hydrogens (tertiary/aromatic N) is 1. The van der Waals surface area contributed by atoms with Crippen LogP contribution in [0.25, 0.3) is 27.3 Å². The van der Waals surface area contributed by atoms with Crippen LogP contribution in [0, 0.1) is 0 Å². The van der Waals surface area contributed by atoms with Gasteiger partial charge in [0.2, 0.25) is 5.52 Å². The number of hydrogen-bond acceptors (Lipinski definition) is 3. The fourth-order valence-corrected chi connectivity index (χ4v) is 2.62. The average Bonchev–Trinajstić information content (AvgIpc) is 2.45. The Kier molecular flexibility index (Phi) is 1.87. The largest absolute Gasteiger partial charge is 0.608 e. The molecule has 4 nitrogen and oxygen atoms in total. The van der Waals surface area contributed by atoms with Crippen molar-refractivity contribution in [3.63, 3.8) is 0 Å². The van der Waals surface area contributed by atoms with Gasteiger partial charge in [0.25, 0.3) is 0 Å². The molecule has 0 aliphatic heterocycles. The molecule has 92 valence electrons. The van der Waals surface area contributed by atoms with Crippen molar-refractivity contribution in [2.45, 2.75) is 0 Å². The van der Waals surface area contributed by atoms with Crippen molar-refractivity contribution in [1.82, 2.24) is 0 Å². The molecule has 4 rings (SSSR count). The first-order valence-electron chi connectivity index (χ1n) is 5.96. The summed E-state index contributed by atoms with van der Waals surface area (Å²) >= 11 is 0. The summed E-state index contributed by atoms with van der Waals surface area (Å²) in [4.78, 5) is 12.1. The van der Waals surface area contributed by atoms with Gasteiger partial charge < -0.3 is 9.15 Å². The highest BCUT2D eigenvalue weighted by molar-refractivity contribution is 6.12. The zero-order chi connectivity index (χ0) is 13.0. The highest BCUT2D eigenvalue weighted by Gasteiger charge is 2.21. The standard InChI is InChI=1S/C15H10NO3/c1-18-11-7-6-9-4-5-10-3-2-8-16-13(10)12(9)14(11)19-15(16)17/h2-8H,1H3/q+1. The molecule has 0 unspecified atom stereocenters. The molecule has 0 bridgehead atoms. The summed E-state index contributed by atoms with van der Waals surface area (Å²) in [5.41, 5.74) is 1.37. The van der Waals surface area contributed by atoms with Crippen molar-refractivity contribution in [1.29, 1.82) is 0 Å². The van der Waals surface area contributed by atoms with Crippen LogP contribution in [0.15, 0.2) is 51.8 Å². The summed E-state index contributed by atoms with van der Waals surface area (Å²) in [6.45, 7) is 0. The Balaban J connectivity index is 2.46. The molecule has 0 aliphatic rings. The van der Waals surface area contributed by atoms with Gasteiger partial charge in [0.05, 0.1) is 7.11 Å². The molecule has 0 saturated carbocycles. The van der Waals surface area contributed by atoms with Crippen molar-refractivity contribution >= 4 is 27.3 Å². The van der Waals surface area contributed by atoms with Crippen molar-refractivity contribution in [2.24, 2.45) is 0 Å². The molecule has 4 aromatic rings. The average molecular weight is 252 g/mol. The van der Waals surface area contributed by atoms with Crippen LogP contribution in [0.1, 0.15) is 0 Å². The third-order valence-electron chi connectivity index (χ3n) is 3.46. The van der Waals surface area contributed by atoms with Crippen molar-refractivity contribution in [3.8, 4) is 5.75 Å². The lowest BCUT2D eigenvalue weighted by Crippen LogP contribution is -2.39. The molecular formula is C15H10NO3+. The first-order chi connectivity index (χ1) is 9.29. The van der Waals surface area contributed by atoms with Gasteiger partial charge in [-0.1, -0.05) is 16.5 Å². The molecule has 2 heterocycles. The van der Waals surface area contributed by atoms with E-state index in [1.54, 1.807) is 13.3 Å². The van der Waals surface area contributed by atoms with Gasteiger partial charge in [0, 0.05) is 11.5 Å². The van der Waals surface area contributed by atoms with E-state index in [9.17, 15) is 4.79 Å². The smallest absolute Gasteiger partial charge is 0.493 e. The van der Waals surface area contributed by atoms with E-state index in [4.69, 9.17) is 9.15 Å². The van der Waals surface area contributed by atoms with Gasteiger partial charge in [-0.25, -0.2) is 0 Å². The molecule has 0 N–H and O–H groups in total. The molecule has 0 saturated heterocycles. The normalized spacial score (nSPS) is 11.6. The fraction of sp³-hybridized carbons (Fsp3) is 0.0667. The second-order valence-corrected chi connectivity index (χ2v) is 4.44. The summed E-state index contributed by atoms with van der Waals surface area (Å²) in [7, 11) is 1.57. The number of ether oxygens (including phenoxy) is 1. The quantitative estimate of drug-likeness (QED) is 0.385. The lowest BCUT2D eigenvalue weighted by atomic mass is 10.0. The van der Waals surface area contributed by atoms with Crippen LogP contribution in [-0.2, 0) is 0 Å². The number of methoxy groups -OCH3 is 1. The Labute approximate surface area is 107 Å². The van der Waals surface area contributed by atoms with E-state index in [1.165, 1.54) is 4.40 Å². The summed E-state index contributed by atoms with van der Waals surface area (Å²) in [6, 6.07) is 11.6. The fourth-order valence-electron chi connectivity index (χ4n) is 2.62. The molecule has 2 aromatic carbocycles. The van der Waals surface area contributed by atoms with E-state index in [2.05, 4.69) is 0 Å². The minimum absolute atomic E-state index is 0.407. The van der Waals surface area contributed by atoms with E-state index in [0.717, 1.165) is 21.7 Å². The maximum Gasteiger partial charge on any atom is 0.608 e. The first-order valence-corrected chi connectivity index (χ1v) is 5.96. The second-order valence-electron chi connectivity index (χ2n) is 4.44. The van der Waals surface area contributed by atoms with Crippen molar-refractivity contribution < 1.29 is 13.6 Å². The molecule has 0 spiro atoms. The topological polar surface area (TPSA) is 43.5 Å². The van der Waals surface area contributed by atoms with E-state index in [0.29, 0.717) is 11.3 Å². The maximum absolute atomic E-state index is 12.1. The third kappa shape index (κ3) is 1.23. The number of rotatable bonds is 1. The van der Waals surface area contributed by atoms with Crippen LogP contribution in [0.3, 0.4) is 0 Å². The molecule has 0 fully saturated rings. The van der Waals surface area contributed by atoms with E-state index in [-0.39, 0.29) is 0 Å². The lowest BCUT2D eigenvalue weighted by Gasteiger charge is -2.06. The molecule has 0 atom stereocenters. The Morgan fingerprint density at radius 2 is 1.89 bits per heavy atom. The van der Waals surface area contributed by atoms with Crippen LogP contribution in [0.2, 0.25) is 0 Å². The molecule has 4 heteroatoms. The van der Waals surface area contributed by atoms with Gasteiger partial charge in [-0.2, -0.15) is 4.79 Å². The number of pyridine rings is 1. The van der Waals surface area contributed by atoms with Crippen molar-refractivity contribution in [2.75, 3.05) is 7.11 Å². The summed E-state index contributed by atoms with van der Waals surface area (Å²) in [5, 5.41) is 2.94. The molecule has 0 aliphatic carbocycles. The Morgan fingerprint density at radius 3 is 2.74 bits per heavy atom. The van der Waals surface area contributed by atoms with Gasteiger partial charge in [-0.15, -0.1) is 0 Å². The molecular weight excluding hydrogens is 242 g/mol. The van der Waals surface area contributed by atoms with E-state index in [1.807, 2.05) is 36.4 Å². The third-order valence-corrected chi connectivity index (χ3v) is 3.46. The van der Waals surface area contributed by atoms with E-state index >= 15 is 0 Å². The van der Waals surface area contributed by atoms with Crippen LogP contribution in [0.5, 0.6) is 5.75 Å². The molecule has 19 heavy (non-hydrogen) atoms. The maximum atomic E-state index is 12.1. The summed E-state index contributed by atoms with van der Waals surface area (Å²) in [5.74, 6) is 0.165. The zero-order valence-electron chi connectivity index (χ0n) is 10.2. The minimum Gasteiger partial charge on any atom is -0.493 e. The summed E-state index contributed by atoms with van der Waals surface area (Å²) < 4.78 is 12.2. The van der Waals surface area contributed by atoms with Gasteiger partial charge >= 0.3 is 5.76 Å². The molecule has 0 amide bonds. The number of hydrogen-bond donors (Lipinski definition) is 0. The van der Waals surface area contributed by atoms with Gasteiger partial charge in [-0.3, -0.25) is 0 Å². The lowest BCUT2D eigenvalue weighted by molar-refractivity contribution is -0.542. The highest BCUT2D eigenvalue weighted by atomic mass is 16.5. The van der Waals surface area contributed by atoms with Crippen molar-refractivity contribution in [3.05, 3.63) is 53.1 Å². The Morgan fingerprint density at radius 1 is 1.11 bits per heavy atom. The Hall–Kier alpha value is -2.62. The Bertz CT molecular complexity index is 971. The molecule has 0 radical (unpaired) electrons. The first kappa shape index (κ1) is 10.3. The zero-order valence-corrected chi connectivity index (χ0v) is 10.2. The summed E-state index contributed by atoms with van der Waals surface area (Å²) in [6.07, 6.45) is 1.71. The van der Waals surface area contributed by atoms with Crippen LogP contribution in [-0.4, -0.2) is 7.11 Å². The van der Waals surface area contributed by atoms with Gasteiger partial charge in [0.15, 0.2) is 17.5 Å². The minimum atomic E-state index is -0.407. The SMILES string of the molecule is COc1ccc2ccc3ccc[n+]4c(=O)oc1c2c34. The number of aromatic nitrogens is 1. The predicted molar refractivity (Wildman–Crippen MR) is 70.9 cm³/mol. The van der Waals surface area contributed by atoms with Crippen LogP contribution in [0.4, 0.5) is 0 Å². The van der Waals surface area contributed by atoms with Crippen LogP contribution >= 0.6 is 0 Å². The highest BCUT2D eigenvalue weighted by Crippen LogP contribution is 2.32. The van der Waals surface area contributed by atoms with Crippen LogP contribution < -0.4 is 14.9 Å². The molecule has 2 aromatic heterocycles. The second kappa shape index (κ2) is 3.45. The van der Waals surface area contributed by atoms with E-state index < -0.39 is 5.76 Å². The number of benzene rings is 2. The van der Waals surface area contributed by atoms with Gasteiger partial charge in [-0.05, 0) is 23.6 Å². The van der Waals surface area contributed by atoms with Gasteiger partial charge in [0.1, 0.15) is 5.39 Å². The predicted octanol–water partition coefficient (Wildman–Crippen LogP) is 2.13.